The van der Waals surface area contributed by atoms with Gasteiger partial charge in [-0.2, -0.15) is 0 Å². The minimum absolute atomic E-state index is 0.0895. The van der Waals surface area contributed by atoms with Crippen molar-refractivity contribution in [2.45, 2.75) is 38.9 Å². The van der Waals surface area contributed by atoms with Crippen molar-refractivity contribution in [1.29, 1.82) is 0 Å². The van der Waals surface area contributed by atoms with Gasteiger partial charge in [0.15, 0.2) is 0 Å². The quantitative estimate of drug-likeness (QED) is 0.808. The molecule has 0 heterocycles. The Balaban J connectivity index is 2.96. The van der Waals surface area contributed by atoms with Crippen molar-refractivity contribution >= 4 is 0 Å². The smallest absolute Gasteiger partial charge is 0.0615 e. The maximum Gasteiger partial charge on any atom is 0.0615 e. The summed E-state index contributed by atoms with van der Waals surface area (Å²) in [5.41, 5.74) is 7.47. The summed E-state index contributed by atoms with van der Waals surface area (Å²) >= 11 is 0. The molecule has 3 unspecified atom stereocenters. The molecule has 0 aliphatic heterocycles. The van der Waals surface area contributed by atoms with E-state index < -0.39 is 0 Å². The molecule has 3 heteroatoms. The Kier molecular flexibility index (Phi) is 6.33. The van der Waals surface area contributed by atoms with Crippen LogP contribution in [0.25, 0.3) is 0 Å². The summed E-state index contributed by atoms with van der Waals surface area (Å²) in [6.07, 6.45) is 0. The molecule has 0 saturated heterocycles. The summed E-state index contributed by atoms with van der Waals surface area (Å²) in [5.74, 6) is 0. The molecule has 18 heavy (non-hydrogen) atoms. The van der Waals surface area contributed by atoms with E-state index in [1.54, 1.807) is 7.11 Å². The fourth-order valence-corrected chi connectivity index (χ4v) is 2.57. The monoisotopic (exact) mass is 250 g/mol. The number of hydrogen-bond acceptors (Lipinski definition) is 3. The van der Waals surface area contributed by atoms with E-state index in [-0.39, 0.29) is 12.1 Å². The molecule has 1 aromatic carbocycles. The average molecular weight is 250 g/mol. The Morgan fingerprint density at radius 1 is 1.22 bits per heavy atom. The molecule has 0 aromatic heterocycles. The van der Waals surface area contributed by atoms with Gasteiger partial charge in [0.05, 0.1) is 6.61 Å². The topological polar surface area (TPSA) is 38.5 Å². The third kappa shape index (κ3) is 3.80. The van der Waals surface area contributed by atoms with Gasteiger partial charge in [-0.15, -0.1) is 0 Å². The van der Waals surface area contributed by atoms with Gasteiger partial charge in [0.1, 0.15) is 0 Å². The van der Waals surface area contributed by atoms with Crippen LogP contribution in [0, 0.1) is 0 Å². The number of ether oxygens (including phenoxy) is 1. The molecule has 0 aliphatic rings. The van der Waals surface area contributed by atoms with Crippen LogP contribution in [-0.4, -0.2) is 37.2 Å². The van der Waals surface area contributed by atoms with Crippen LogP contribution in [0.5, 0.6) is 0 Å². The average Bonchev–Trinajstić information content (AvgIpc) is 2.36. The molecule has 1 rings (SSSR count). The molecular weight excluding hydrogens is 224 g/mol. The summed E-state index contributed by atoms with van der Waals surface area (Å²) in [7, 11) is 1.74. The Morgan fingerprint density at radius 2 is 1.83 bits per heavy atom. The predicted octanol–water partition coefficient (Wildman–Crippen LogP) is 2.43. The number of benzene rings is 1. The zero-order valence-electron chi connectivity index (χ0n) is 12.0. The normalized spacial score (nSPS) is 16.6. The predicted molar refractivity (Wildman–Crippen MR) is 76.6 cm³/mol. The molecule has 0 aliphatic carbocycles. The summed E-state index contributed by atoms with van der Waals surface area (Å²) in [6, 6.07) is 11.2. The Labute approximate surface area is 111 Å². The maximum absolute atomic E-state index is 6.20. The van der Waals surface area contributed by atoms with Gasteiger partial charge < -0.3 is 10.5 Å². The summed E-state index contributed by atoms with van der Waals surface area (Å²) < 4.78 is 5.27. The second kappa shape index (κ2) is 7.52. The van der Waals surface area contributed by atoms with Crippen LogP contribution in [-0.2, 0) is 4.74 Å². The minimum Gasteiger partial charge on any atom is -0.383 e. The van der Waals surface area contributed by atoms with Crippen molar-refractivity contribution in [2.75, 3.05) is 20.3 Å². The summed E-state index contributed by atoms with van der Waals surface area (Å²) in [5, 5.41) is 0. The summed E-state index contributed by atoms with van der Waals surface area (Å²) in [6.45, 7) is 8.12. The standard InChI is InChI=1S/C15H26N2O/c1-5-17(12(2)11-18-4)15(13(3)16)14-9-7-6-8-10-14/h6-10,12-13,15H,5,11,16H2,1-4H3. The number of hydrogen-bond donors (Lipinski definition) is 1. The van der Waals surface area contributed by atoms with E-state index in [9.17, 15) is 0 Å². The van der Waals surface area contributed by atoms with Crippen LogP contribution in [0.3, 0.4) is 0 Å². The lowest BCUT2D eigenvalue weighted by atomic mass is 9.98. The highest BCUT2D eigenvalue weighted by atomic mass is 16.5. The van der Waals surface area contributed by atoms with Crippen molar-refractivity contribution in [3.63, 3.8) is 0 Å². The van der Waals surface area contributed by atoms with Gasteiger partial charge in [0.2, 0.25) is 0 Å². The highest BCUT2D eigenvalue weighted by molar-refractivity contribution is 5.20. The lowest BCUT2D eigenvalue weighted by Gasteiger charge is -2.38. The third-order valence-electron chi connectivity index (χ3n) is 3.34. The van der Waals surface area contributed by atoms with Crippen LogP contribution in [0.4, 0.5) is 0 Å². The van der Waals surface area contributed by atoms with Crippen molar-refractivity contribution < 1.29 is 4.74 Å². The first-order valence-electron chi connectivity index (χ1n) is 6.67. The number of nitrogens with two attached hydrogens (primary N) is 1. The van der Waals surface area contributed by atoms with Gasteiger partial charge in [-0.05, 0) is 26.0 Å². The van der Waals surface area contributed by atoms with Gasteiger partial charge in [0, 0.05) is 25.2 Å². The maximum atomic E-state index is 6.20. The first-order valence-corrected chi connectivity index (χ1v) is 6.67. The Bertz CT molecular complexity index is 327. The van der Waals surface area contributed by atoms with Crippen molar-refractivity contribution in [3.8, 4) is 0 Å². The van der Waals surface area contributed by atoms with Crippen LogP contribution >= 0.6 is 0 Å². The van der Waals surface area contributed by atoms with Crippen molar-refractivity contribution in [1.82, 2.24) is 4.90 Å². The van der Waals surface area contributed by atoms with Crippen molar-refractivity contribution in [2.24, 2.45) is 5.73 Å². The SMILES string of the molecule is CCN(C(C)COC)C(c1ccccc1)C(C)N. The fraction of sp³-hybridized carbons (Fsp3) is 0.600. The molecule has 0 bridgehead atoms. The van der Waals surface area contributed by atoms with Crippen LogP contribution in [0.2, 0.25) is 0 Å². The minimum atomic E-state index is 0.0895. The van der Waals surface area contributed by atoms with E-state index >= 15 is 0 Å². The first-order chi connectivity index (χ1) is 8.61. The second-order valence-electron chi connectivity index (χ2n) is 4.85. The van der Waals surface area contributed by atoms with Gasteiger partial charge in [-0.25, -0.2) is 0 Å². The molecule has 0 fully saturated rings. The number of rotatable bonds is 7. The lowest BCUT2D eigenvalue weighted by molar-refractivity contribution is 0.0654. The van der Waals surface area contributed by atoms with Crippen LogP contribution in [0.15, 0.2) is 30.3 Å². The van der Waals surface area contributed by atoms with Crippen LogP contribution in [0.1, 0.15) is 32.4 Å². The van der Waals surface area contributed by atoms with Gasteiger partial charge >= 0.3 is 0 Å². The van der Waals surface area contributed by atoms with Crippen molar-refractivity contribution in [3.05, 3.63) is 35.9 Å². The largest absolute Gasteiger partial charge is 0.383 e. The molecule has 3 atom stereocenters. The molecule has 0 amide bonds. The lowest BCUT2D eigenvalue weighted by Crippen LogP contribution is -2.45. The second-order valence-corrected chi connectivity index (χ2v) is 4.85. The van der Waals surface area contributed by atoms with E-state index in [1.807, 2.05) is 6.07 Å². The van der Waals surface area contributed by atoms with E-state index in [1.165, 1.54) is 5.56 Å². The number of likely N-dealkylation sites (N-methyl/N-ethyl adjacent to an activating group) is 1. The molecule has 1 aromatic rings. The Hall–Kier alpha value is -0.900. The zero-order chi connectivity index (χ0) is 13.5. The van der Waals surface area contributed by atoms with E-state index in [0.717, 1.165) is 13.2 Å². The molecular formula is C15H26N2O. The molecule has 102 valence electrons. The van der Waals surface area contributed by atoms with Gasteiger partial charge in [-0.1, -0.05) is 37.3 Å². The zero-order valence-corrected chi connectivity index (χ0v) is 12.0. The third-order valence-corrected chi connectivity index (χ3v) is 3.34. The fourth-order valence-electron chi connectivity index (χ4n) is 2.57. The van der Waals surface area contributed by atoms with Crippen LogP contribution < -0.4 is 5.73 Å². The van der Waals surface area contributed by atoms with E-state index in [0.29, 0.717) is 6.04 Å². The molecule has 0 saturated carbocycles. The summed E-state index contributed by atoms with van der Waals surface area (Å²) in [4.78, 5) is 2.41. The Morgan fingerprint density at radius 3 is 2.28 bits per heavy atom. The number of nitrogens with zero attached hydrogens (tertiary/aromatic N) is 1. The molecule has 2 N–H and O–H groups in total. The highest BCUT2D eigenvalue weighted by Gasteiger charge is 2.26. The number of methoxy groups -OCH3 is 1. The first kappa shape index (κ1) is 15.2. The van der Waals surface area contributed by atoms with E-state index in [4.69, 9.17) is 10.5 Å². The molecule has 0 spiro atoms. The molecule has 0 radical (unpaired) electrons. The van der Waals surface area contributed by atoms with Gasteiger partial charge in [-0.3, -0.25) is 4.90 Å². The highest BCUT2D eigenvalue weighted by Crippen LogP contribution is 2.25. The van der Waals surface area contributed by atoms with E-state index in [2.05, 4.69) is 49.9 Å². The van der Waals surface area contributed by atoms with Gasteiger partial charge in [0.25, 0.3) is 0 Å². The molecule has 3 nitrogen and oxygen atoms in total.